The monoisotopic (exact) mass is 514 g/mol. The Bertz CT molecular complexity index is 1130. The van der Waals surface area contributed by atoms with Crippen molar-refractivity contribution in [3.05, 3.63) is 86.8 Å². The summed E-state index contributed by atoms with van der Waals surface area (Å²) in [6, 6.07) is 19.0. The predicted molar refractivity (Wildman–Crippen MR) is 131 cm³/mol. The van der Waals surface area contributed by atoms with Crippen LogP contribution in [0, 0.1) is 0 Å². The Morgan fingerprint density at radius 2 is 1.91 bits per heavy atom. The van der Waals surface area contributed by atoms with Crippen LogP contribution in [0.25, 0.3) is 0 Å². The van der Waals surface area contributed by atoms with E-state index in [0.717, 1.165) is 32.6 Å². The fraction of sp³-hybridized carbons (Fsp3) is 0.240. The van der Waals surface area contributed by atoms with Gasteiger partial charge in [-0.25, -0.2) is 0 Å². The summed E-state index contributed by atoms with van der Waals surface area (Å²) in [7, 11) is 1.64. The highest BCUT2D eigenvalue weighted by Crippen LogP contribution is 2.39. The standard InChI is InChI=1S/C25H24BrClN2O3/c1-3-32-23-6-4-5-18(24(23)30)21-14-20(15-7-10-17(27)11-8-15)28-25(29-21)16-9-12-22(31-2)19(26)13-16/h4-13,21,25,29-30H,3,14H2,1-2H3/t21-,25+/m1/s1. The van der Waals surface area contributed by atoms with Crippen molar-refractivity contribution in [2.75, 3.05) is 13.7 Å². The number of nitrogens with zero attached hydrogens (tertiary/aromatic N) is 1. The molecule has 7 heteroatoms. The highest BCUT2D eigenvalue weighted by molar-refractivity contribution is 9.10. The first-order chi connectivity index (χ1) is 15.5. The van der Waals surface area contributed by atoms with Crippen molar-refractivity contribution in [2.45, 2.75) is 25.6 Å². The van der Waals surface area contributed by atoms with Crippen LogP contribution in [0.3, 0.4) is 0 Å². The van der Waals surface area contributed by atoms with Crippen molar-refractivity contribution in [1.29, 1.82) is 0 Å². The summed E-state index contributed by atoms with van der Waals surface area (Å²) < 4.78 is 11.8. The Hall–Kier alpha value is -2.54. The van der Waals surface area contributed by atoms with Gasteiger partial charge in [0.2, 0.25) is 0 Å². The van der Waals surface area contributed by atoms with Gasteiger partial charge in [0.15, 0.2) is 11.5 Å². The molecular formula is C25H24BrClN2O3. The van der Waals surface area contributed by atoms with Crippen LogP contribution in [-0.2, 0) is 0 Å². The molecule has 0 aliphatic carbocycles. The number of nitrogens with one attached hydrogen (secondary N) is 1. The topological polar surface area (TPSA) is 63.1 Å². The molecule has 2 atom stereocenters. The minimum atomic E-state index is -0.309. The Kier molecular flexibility index (Phi) is 7.04. The quantitative estimate of drug-likeness (QED) is 0.397. The van der Waals surface area contributed by atoms with Gasteiger partial charge >= 0.3 is 0 Å². The van der Waals surface area contributed by atoms with E-state index in [1.165, 1.54) is 0 Å². The Morgan fingerprint density at radius 1 is 1.12 bits per heavy atom. The number of para-hydroxylation sites is 1. The number of aromatic hydroxyl groups is 1. The number of rotatable bonds is 6. The molecule has 3 aromatic carbocycles. The van der Waals surface area contributed by atoms with Crippen molar-refractivity contribution >= 4 is 33.2 Å². The first kappa shape index (κ1) is 22.6. The Morgan fingerprint density at radius 3 is 2.59 bits per heavy atom. The molecule has 0 bridgehead atoms. The van der Waals surface area contributed by atoms with E-state index >= 15 is 0 Å². The molecule has 5 nitrogen and oxygen atoms in total. The van der Waals surface area contributed by atoms with Crippen LogP contribution >= 0.6 is 27.5 Å². The fourth-order valence-corrected chi connectivity index (χ4v) is 4.52. The average Bonchev–Trinajstić information content (AvgIpc) is 2.80. The second-order valence-corrected chi connectivity index (χ2v) is 8.72. The third-order valence-electron chi connectivity index (χ3n) is 5.42. The zero-order valence-electron chi connectivity index (χ0n) is 17.8. The van der Waals surface area contributed by atoms with Crippen LogP contribution in [0.2, 0.25) is 5.02 Å². The van der Waals surface area contributed by atoms with E-state index in [4.69, 9.17) is 26.1 Å². The molecule has 0 unspecified atom stereocenters. The largest absolute Gasteiger partial charge is 0.504 e. The van der Waals surface area contributed by atoms with E-state index in [1.54, 1.807) is 13.2 Å². The first-order valence-electron chi connectivity index (χ1n) is 10.4. The van der Waals surface area contributed by atoms with Crippen molar-refractivity contribution in [1.82, 2.24) is 5.32 Å². The van der Waals surface area contributed by atoms with Crippen LogP contribution in [0.5, 0.6) is 17.2 Å². The number of benzene rings is 3. The lowest BCUT2D eigenvalue weighted by molar-refractivity contribution is 0.313. The van der Waals surface area contributed by atoms with Gasteiger partial charge in [-0.2, -0.15) is 0 Å². The zero-order valence-corrected chi connectivity index (χ0v) is 20.2. The Balaban J connectivity index is 1.76. The lowest BCUT2D eigenvalue weighted by Crippen LogP contribution is -2.33. The maximum atomic E-state index is 10.9. The highest BCUT2D eigenvalue weighted by Gasteiger charge is 2.29. The van der Waals surface area contributed by atoms with Crippen LogP contribution in [0.1, 0.15) is 42.2 Å². The van der Waals surface area contributed by atoms with Gasteiger partial charge in [0.25, 0.3) is 0 Å². The van der Waals surface area contributed by atoms with Gasteiger partial charge in [0.1, 0.15) is 11.9 Å². The minimum absolute atomic E-state index is 0.152. The maximum absolute atomic E-state index is 10.9. The molecule has 4 rings (SSSR count). The van der Waals surface area contributed by atoms with Gasteiger partial charge in [0.05, 0.1) is 18.2 Å². The van der Waals surface area contributed by atoms with Gasteiger partial charge in [-0.3, -0.25) is 10.3 Å². The number of ether oxygens (including phenoxy) is 2. The SMILES string of the molecule is CCOc1cccc([C@H]2CC(c3ccc(Cl)cc3)=N[C@H](c3ccc(OC)c(Br)c3)N2)c1O. The maximum Gasteiger partial charge on any atom is 0.162 e. The van der Waals surface area contributed by atoms with Crippen molar-refractivity contribution in [3.8, 4) is 17.2 Å². The van der Waals surface area contributed by atoms with E-state index in [0.29, 0.717) is 23.8 Å². The number of hydrogen-bond acceptors (Lipinski definition) is 5. The molecule has 0 saturated carbocycles. The molecular weight excluding hydrogens is 492 g/mol. The molecule has 1 aliphatic rings. The van der Waals surface area contributed by atoms with Crippen LogP contribution < -0.4 is 14.8 Å². The smallest absolute Gasteiger partial charge is 0.162 e. The first-order valence-corrected chi connectivity index (χ1v) is 11.5. The molecule has 0 aromatic heterocycles. The molecule has 166 valence electrons. The summed E-state index contributed by atoms with van der Waals surface area (Å²) in [6.45, 7) is 2.38. The van der Waals surface area contributed by atoms with E-state index in [-0.39, 0.29) is 18.0 Å². The van der Waals surface area contributed by atoms with Gasteiger partial charge in [-0.1, -0.05) is 41.9 Å². The molecule has 0 saturated heterocycles. The second kappa shape index (κ2) is 9.94. The summed E-state index contributed by atoms with van der Waals surface area (Å²) in [5.74, 6) is 1.38. The Labute approximate surface area is 201 Å². The molecule has 3 aromatic rings. The third-order valence-corrected chi connectivity index (χ3v) is 6.29. The molecule has 1 aliphatic heterocycles. The molecule has 0 fully saturated rings. The number of phenols is 1. The van der Waals surface area contributed by atoms with Crippen molar-refractivity contribution < 1.29 is 14.6 Å². The van der Waals surface area contributed by atoms with E-state index < -0.39 is 0 Å². The number of halogens is 2. The average molecular weight is 516 g/mol. The van der Waals surface area contributed by atoms with Gasteiger partial charge in [-0.15, -0.1) is 0 Å². The molecule has 32 heavy (non-hydrogen) atoms. The lowest BCUT2D eigenvalue weighted by atomic mass is 9.93. The molecule has 2 N–H and O–H groups in total. The molecule has 0 amide bonds. The second-order valence-electron chi connectivity index (χ2n) is 7.43. The van der Waals surface area contributed by atoms with Crippen LogP contribution in [0.15, 0.2) is 70.1 Å². The van der Waals surface area contributed by atoms with Crippen molar-refractivity contribution in [2.24, 2.45) is 4.99 Å². The number of hydrogen-bond donors (Lipinski definition) is 2. The zero-order chi connectivity index (χ0) is 22.7. The van der Waals surface area contributed by atoms with Gasteiger partial charge in [-0.05, 0) is 64.3 Å². The van der Waals surface area contributed by atoms with Crippen molar-refractivity contribution in [3.63, 3.8) is 0 Å². The van der Waals surface area contributed by atoms with Gasteiger partial charge in [0, 0.05) is 28.8 Å². The molecule has 0 radical (unpaired) electrons. The molecule has 1 heterocycles. The van der Waals surface area contributed by atoms with Gasteiger partial charge < -0.3 is 14.6 Å². The van der Waals surface area contributed by atoms with Crippen LogP contribution in [0.4, 0.5) is 0 Å². The minimum Gasteiger partial charge on any atom is -0.504 e. The summed E-state index contributed by atoms with van der Waals surface area (Å²) >= 11 is 9.67. The highest BCUT2D eigenvalue weighted by atomic mass is 79.9. The fourth-order valence-electron chi connectivity index (χ4n) is 3.84. The number of methoxy groups -OCH3 is 1. The van der Waals surface area contributed by atoms with E-state index in [1.807, 2.05) is 61.5 Å². The van der Waals surface area contributed by atoms with E-state index in [9.17, 15) is 5.11 Å². The van der Waals surface area contributed by atoms with Crippen LogP contribution in [-0.4, -0.2) is 24.5 Å². The number of aliphatic imine (C=N–C) groups is 1. The summed E-state index contributed by atoms with van der Waals surface area (Å²) in [6.07, 6.45) is 0.301. The van der Waals surface area contributed by atoms with E-state index in [2.05, 4.69) is 21.2 Å². The summed E-state index contributed by atoms with van der Waals surface area (Å²) in [5, 5.41) is 15.1. The predicted octanol–water partition coefficient (Wildman–Crippen LogP) is 6.44. The normalized spacial score (nSPS) is 18.2. The summed E-state index contributed by atoms with van der Waals surface area (Å²) in [4.78, 5) is 5.00. The summed E-state index contributed by atoms with van der Waals surface area (Å²) in [5.41, 5.74) is 3.69. The lowest BCUT2D eigenvalue weighted by Gasteiger charge is -2.31. The third kappa shape index (κ3) is 4.77. The number of phenolic OH excluding ortho intramolecular Hbond substituents is 1. The molecule has 0 spiro atoms.